The molecule has 1 aromatic rings. The van der Waals surface area contributed by atoms with Crippen LogP contribution in [0.4, 0.5) is 4.79 Å². The second-order valence-corrected chi connectivity index (χ2v) is 6.77. The van der Waals surface area contributed by atoms with Crippen molar-refractivity contribution in [3.8, 4) is 0 Å². The molecule has 3 rings (SSSR count). The van der Waals surface area contributed by atoms with Gasteiger partial charge in [0, 0.05) is 31.2 Å². The molecule has 1 N–H and O–H groups in total. The van der Waals surface area contributed by atoms with Gasteiger partial charge in [0.25, 0.3) is 11.1 Å². The van der Waals surface area contributed by atoms with Gasteiger partial charge in [0.2, 0.25) is 5.91 Å². The molecule has 130 valence electrons. The number of nitrogens with zero attached hydrogens (tertiary/aromatic N) is 2. The van der Waals surface area contributed by atoms with E-state index in [1.807, 2.05) is 11.0 Å². The highest BCUT2D eigenvalue weighted by Gasteiger charge is 2.30. The molecule has 0 aromatic heterocycles. The van der Waals surface area contributed by atoms with Crippen LogP contribution in [0.5, 0.6) is 0 Å². The number of hydrogen-bond acceptors (Lipinski definition) is 5. The number of piperazine rings is 1. The number of hydrogen-bond donors (Lipinski definition) is 1. The van der Waals surface area contributed by atoms with Gasteiger partial charge in [-0.1, -0.05) is 23.9 Å². The van der Waals surface area contributed by atoms with Crippen molar-refractivity contribution in [2.24, 2.45) is 0 Å². The number of nitrogens with one attached hydrogen (secondary N) is 1. The van der Waals surface area contributed by atoms with Crippen LogP contribution in [-0.2, 0) is 11.3 Å². The Labute approximate surface area is 151 Å². The van der Waals surface area contributed by atoms with Crippen LogP contribution < -0.4 is 5.32 Å². The molecule has 0 saturated carbocycles. The number of imide groups is 1. The first-order valence-electron chi connectivity index (χ1n) is 7.63. The van der Waals surface area contributed by atoms with Crippen molar-refractivity contribution in [1.82, 2.24) is 15.1 Å². The summed E-state index contributed by atoms with van der Waals surface area (Å²) in [5.74, 6) is 0.0251. The molecule has 0 aliphatic carbocycles. The Morgan fingerprint density at radius 3 is 2.83 bits per heavy atom. The molecule has 8 heteroatoms. The third kappa shape index (κ3) is 4.09. The Bertz CT molecular complexity index is 639. The summed E-state index contributed by atoms with van der Waals surface area (Å²) < 4.78 is 0. The van der Waals surface area contributed by atoms with Gasteiger partial charge in [-0.2, -0.15) is 0 Å². The third-order valence-electron chi connectivity index (χ3n) is 4.01. The first-order valence-corrected chi connectivity index (χ1v) is 8.62. The van der Waals surface area contributed by atoms with Gasteiger partial charge >= 0.3 is 0 Å². The topological polar surface area (TPSA) is 69.7 Å². The van der Waals surface area contributed by atoms with E-state index in [4.69, 9.17) is 0 Å². The second kappa shape index (κ2) is 8.00. The van der Waals surface area contributed by atoms with Crippen molar-refractivity contribution in [3.05, 3.63) is 35.4 Å². The lowest BCUT2D eigenvalue weighted by Crippen LogP contribution is -2.51. The maximum Gasteiger partial charge on any atom is 0.289 e. The van der Waals surface area contributed by atoms with Gasteiger partial charge in [-0.15, -0.1) is 12.4 Å². The molecule has 1 unspecified atom stereocenters. The number of rotatable bonds is 3. The monoisotopic (exact) mass is 369 g/mol. The van der Waals surface area contributed by atoms with Crippen LogP contribution in [0, 0.1) is 0 Å². The van der Waals surface area contributed by atoms with E-state index in [1.54, 1.807) is 18.2 Å². The normalized spacial score (nSPS) is 21.0. The molecule has 0 spiro atoms. The van der Waals surface area contributed by atoms with Crippen LogP contribution in [-0.4, -0.2) is 58.3 Å². The zero-order valence-corrected chi connectivity index (χ0v) is 15.0. The molecule has 2 saturated heterocycles. The van der Waals surface area contributed by atoms with Gasteiger partial charge in [-0.25, -0.2) is 0 Å². The number of carbonyl (C=O) groups excluding carboxylic acids is 3. The summed E-state index contributed by atoms with van der Waals surface area (Å²) in [5.41, 5.74) is 1.39. The number of carbonyl (C=O) groups is 3. The lowest BCUT2D eigenvalue weighted by Gasteiger charge is -2.32. The molecule has 2 fully saturated rings. The number of halogens is 1. The number of amides is 3. The van der Waals surface area contributed by atoms with E-state index in [9.17, 15) is 14.4 Å². The average Bonchev–Trinajstić information content (AvgIpc) is 2.86. The van der Waals surface area contributed by atoms with Gasteiger partial charge in [-0.3, -0.25) is 19.3 Å². The maximum atomic E-state index is 12.6. The molecule has 6 nitrogen and oxygen atoms in total. The fourth-order valence-corrected chi connectivity index (χ4v) is 3.54. The predicted molar refractivity (Wildman–Crippen MR) is 95.5 cm³/mol. The van der Waals surface area contributed by atoms with E-state index in [-0.39, 0.29) is 47.8 Å². The highest BCUT2D eigenvalue weighted by Crippen LogP contribution is 2.21. The van der Waals surface area contributed by atoms with Crippen LogP contribution in [0.1, 0.15) is 22.8 Å². The van der Waals surface area contributed by atoms with Crippen LogP contribution in [0.15, 0.2) is 24.3 Å². The number of thioether (sulfide) groups is 1. The van der Waals surface area contributed by atoms with Crippen molar-refractivity contribution < 1.29 is 14.4 Å². The first kappa shape index (κ1) is 18.8. The van der Waals surface area contributed by atoms with E-state index in [1.165, 1.54) is 4.90 Å². The van der Waals surface area contributed by atoms with E-state index >= 15 is 0 Å². The molecule has 1 aromatic carbocycles. The lowest BCUT2D eigenvalue weighted by atomic mass is 10.1. The quantitative estimate of drug-likeness (QED) is 0.878. The highest BCUT2D eigenvalue weighted by atomic mass is 35.5. The fourth-order valence-electron chi connectivity index (χ4n) is 2.82. The summed E-state index contributed by atoms with van der Waals surface area (Å²) in [6.07, 6.45) is 0. The largest absolute Gasteiger partial charge is 0.336 e. The minimum atomic E-state index is -0.220. The zero-order chi connectivity index (χ0) is 16.4. The van der Waals surface area contributed by atoms with Crippen LogP contribution in [0.25, 0.3) is 0 Å². The predicted octanol–water partition coefficient (Wildman–Crippen LogP) is 1.74. The fraction of sp³-hybridized carbons (Fsp3) is 0.438. The zero-order valence-electron chi connectivity index (χ0n) is 13.4. The van der Waals surface area contributed by atoms with Crippen molar-refractivity contribution in [2.75, 3.05) is 25.4 Å². The highest BCUT2D eigenvalue weighted by molar-refractivity contribution is 8.14. The molecule has 2 aliphatic rings. The Morgan fingerprint density at radius 2 is 2.17 bits per heavy atom. The first-order chi connectivity index (χ1) is 11.0. The standard InChI is InChI=1S/C16H19N3O3S.ClH/c1-11-8-18(6-5-17-11)15(21)13-4-2-3-12(7-13)9-19-14(20)10-23-16(19)22;/h2-4,7,11,17H,5-6,8-10H2,1H3;1H. The second-order valence-electron chi connectivity index (χ2n) is 5.84. The molecule has 2 heterocycles. The summed E-state index contributed by atoms with van der Waals surface area (Å²) in [4.78, 5) is 39.1. The van der Waals surface area contributed by atoms with Crippen LogP contribution >= 0.6 is 24.2 Å². The molecule has 24 heavy (non-hydrogen) atoms. The molecule has 1 atom stereocenters. The van der Waals surface area contributed by atoms with E-state index in [0.717, 1.165) is 23.9 Å². The molecular weight excluding hydrogens is 350 g/mol. The van der Waals surface area contributed by atoms with E-state index in [2.05, 4.69) is 12.2 Å². The van der Waals surface area contributed by atoms with Gasteiger partial charge in [0.05, 0.1) is 12.3 Å². The summed E-state index contributed by atoms with van der Waals surface area (Å²) in [6, 6.07) is 7.47. The summed E-state index contributed by atoms with van der Waals surface area (Å²) in [6.45, 7) is 4.44. The molecule has 3 amide bonds. The Morgan fingerprint density at radius 1 is 1.38 bits per heavy atom. The van der Waals surface area contributed by atoms with Gasteiger partial charge in [0.15, 0.2) is 0 Å². The molecular formula is C16H20ClN3O3S. The van der Waals surface area contributed by atoms with Crippen molar-refractivity contribution in [3.63, 3.8) is 0 Å². The van der Waals surface area contributed by atoms with E-state index in [0.29, 0.717) is 18.7 Å². The SMILES string of the molecule is CC1CN(C(=O)c2cccc(CN3C(=O)CSC3=O)c2)CCN1.Cl. The van der Waals surface area contributed by atoms with Gasteiger partial charge < -0.3 is 10.2 Å². The summed E-state index contributed by atoms with van der Waals surface area (Å²) in [5, 5.41) is 3.09. The summed E-state index contributed by atoms with van der Waals surface area (Å²) in [7, 11) is 0. The minimum absolute atomic E-state index is 0. The average molecular weight is 370 g/mol. The van der Waals surface area contributed by atoms with Gasteiger partial charge in [0.1, 0.15) is 0 Å². The van der Waals surface area contributed by atoms with E-state index < -0.39 is 0 Å². The molecule has 0 radical (unpaired) electrons. The lowest BCUT2D eigenvalue weighted by molar-refractivity contribution is -0.125. The van der Waals surface area contributed by atoms with Gasteiger partial charge in [-0.05, 0) is 24.6 Å². The minimum Gasteiger partial charge on any atom is -0.336 e. The van der Waals surface area contributed by atoms with Crippen molar-refractivity contribution in [1.29, 1.82) is 0 Å². The molecule has 0 bridgehead atoms. The van der Waals surface area contributed by atoms with Crippen LogP contribution in [0.2, 0.25) is 0 Å². The van der Waals surface area contributed by atoms with Crippen molar-refractivity contribution in [2.45, 2.75) is 19.5 Å². The third-order valence-corrected chi connectivity index (χ3v) is 4.87. The number of benzene rings is 1. The van der Waals surface area contributed by atoms with Crippen molar-refractivity contribution >= 4 is 41.2 Å². The molecule has 2 aliphatic heterocycles. The van der Waals surface area contributed by atoms with Crippen LogP contribution in [0.3, 0.4) is 0 Å². The Kier molecular flexibility index (Phi) is 6.26. The Hall–Kier alpha value is -1.57. The Balaban J connectivity index is 0.00000208. The maximum absolute atomic E-state index is 12.6. The summed E-state index contributed by atoms with van der Waals surface area (Å²) >= 11 is 1.02. The smallest absolute Gasteiger partial charge is 0.289 e.